The molecule has 3 aliphatic carbocycles. The Kier molecular flexibility index (Phi) is 41.1. The maximum Gasteiger partial charge on any atom is 0.222 e. The van der Waals surface area contributed by atoms with Crippen LogP contribution < -0.4 is 16.4 Å². The number of carbonyl (C=O) groups excluding carboxylic acids is 4. The average Bonchev–Trinajstić information content (AvgIpc) is 0.817. The van der Waals surface area contributed by atoms with Crippen LogP contribution in [0.15, 0.2) is 139 Å². The summed E-state index contributed by atoms with van der Waals surface area (Å²) in [6, 6.07) is 24.6. The SMILES string of the molecule is Cl.Fc1ccc(C(Cl)CCCl)c(F)c1.Fc1cccc(F)c1.N[C@H]1CC[C@H]1c1ccc(F)cc1F.O=C(CCCl)c1ccc(F)cc1F.O=C(Cl)CCCl.O=CNC1=C(c2ccc(F)cc2F)CC1.O=CN[C@H]1CC[C@H]1c1ccc(F)cc1F.OC(CCCl)c1ccc(F)cc1F. The summed E-state index contributed by atoms with van der Waals surface area (Å²) >= 11 is 31.9. The van der Waals surface area contributed by atoms with Crippen LogP contribution in [-0.2, 0) is 14.4 Å². The van der Waals surface area contributed by atoms with E-state index < -0.39 is 98.7 Å². The van der Waals surface area contributed by atoms with Gasteiger partial charge in [-0.25, -0.2) is 61.5 Å². The van der Waals surface area contributed by atoms with Crippen LogP contribution in [0.25, 0.3) is 5.57 Å². The van der Waals surface area contributed by atoms with Crippen molar-refractivity contribution in [3.63, 3.8) is 0 Å². The number of allylic oxidation sites excluding steroid dienone is 2. The van der Waals surface area contributed by atoms with Gasteiger partial charge in [-0.05, 0) is 140 Å². The molecule has 3 aliphatic rings. The maximum atomic E-state index is 13.4. The summed E-state index contributed by atoms with van der Waals surface area (Å²) in [5, 5.41) is 13.6. The Morgan fingerprint density at radius 3 is 1.32 bits per heavy atom. The molecule has 7 aromatic rings. The third-order valence-corrected chi connectivity index (χ3v) is 15.5. The first-order chi connectivity index (χ1) is 45.6. The van der Waals surface area contributed by atoms with Crippen LogP contribution in [0.3, 0.4) is 0 Å². The molecule has 29 heteroatoms. The number of nitrogens with two attached hydrogens (primary N) is 1. The molecule has 5 N–H and O–H groups in total. The fourth-order valence-corrected chi connectivity index (χ4v) is 10.2. The van der Waals surface area contributed by atoms with Crippen molar-refractivity contribution in [3.05, 3.63) is 254 Å². The van der Waals surface area contributed by atoms with Crippen molar-refractivity contribution in [3.8, 4) is 0 Å². The molecule has 528 valence electrons. The van der Waals surface area contributed by atoms with Gasteiger partial charge in [-0.3, -0.25) is 19.2 Å². The van der Waals surface area contributed by atoms with Crippen molar-refractivity contribution in [2.45, 2.75) is 99.6 Å². The van der Waals surface area contributed by atoms with Gasteiger partial charge in [0.05, 0.1) is 17.0 Å². The number of halogens is 21. The van der Waals surface area contributed by atoms with Gasteiger partial charge in [0.2, 0.25) is 18.1 Å². The first kappa shape index (κ1) is 86.6. The molecule has 0 bridgehead atoms. The van der Waals surface area contributed by atoms with Crippen molar-refractivity contribution in [2.75, 3.05) is 23.5 Å². The van der Waals surface area contributed by atoms with Gasteiger partial charge in [-0.15, -0.1) is 70.4 Å². The lowest BCUT2D eigenvalue weighted by Crippen LogP contribution is -2.41. The molecule has 0 aliphatic heterocycles. The van der Waals surface area contributed by atoms with Crippen molar-refractivity contribution >= 4 is 111 Å². The summed E-state index contributed by atoms with van der Waals surface area (Å²) in [6.45, 7) is 0. The highest BCUT2D eigenvalue weighted by Gasteiger charge is 2.34. The summed E-state index contributed by atoms with van der Waals surface area (Å²) in [4.78, 5) is 41.3. The van der Waals surface area contributed by atoms with E-state index in [0.29, 0.717) is 65.7 Å². The quantitative estimate of drug-likeness (QED) is 0.0222. The molecular weight excluding hydrogens is 1450 g/mol. The number of aliphatic hydroxyl groups excluding tert-OH is 1. The number of aliphatic hydroxyl groups is 1. The van der Waals surface area contributed by atoms with E-state index in [1.54, 1.807) is 0 Å². The van der Waals surface area contributed by atoms with E-state index in [9.17, 15) is 85.8 Å². The first-order valence-corrected chi connectivity index (χ1v) is 31.8. The van der Waals surface area contributed by atoms with Crippen LogP contribution in [0, 0.1) is 81.4 Å². The number of rotatable bonds is 18. The molecule has 0 aromatic heterocycles. The molecule has 0 heterocycles. The van der Waals surface area contributed by atoms with Crippen molar-refractivity contribution in [1.82, 2.24) is 10.6 Å². The second-order valence-electron chi connectivity index (χ2n) is 20.6. The standard InChI is InChI=1S/C11H11F2NO.C11H9F2NO.C10H11F2N.C9H8Cl2F2.C9H9ClF2O.C9H7ClF2O.C6H4F2.C3H4Cl2O.ClH/c2*12-7-1-2-8(10(13)5-7)9-3-4-11(9)14-6-15;11-6-1-2-7(9(12)5-6)8-3-4-10(8)13;10-4-3-8(11)7-2-1-6(12)5-9(7)13;2*10-4-3-9(13)7-2-1-6(11)5-8(7)12;7-5-2-1-3-6(8)4-5;4-2-1-3(5)6;/h1-2,5-6,9,11H,3-4H2,(H,14,15);1-2,5-6H,3-4H2,(H,14,15);1-2,5,8,10H,3-4,13H2;1-2,5,8H,3-4H2;1-2,5,9,13H,3-4H2;1-2,5H,3-4H2;1-4H;1-2H2;1H/t9-,11-;;8-,10-;;;;;;/m0.0....../s1. The zero-order valence-electron chi connectivity index (χ0n) is 50.8. The summed E-state index contributed by atoms with van der Waals surface area (Å²) in [5.74, 6) is -7.81. The molecule has 6 atom stereocenters. The molecule has 7 aromatic carbocycles. The minimum atomic E-state index is -0.960. The fourth-order valence-electron chi connectivity index (χ4n) is 8.82. The van der Waals surface area contributed by atoms with Crippen LogP contribution in [-0.4, -0.2) is 64.6 Å². The summed E-state index contributed by atoms with van der Waals surface area (Å²) in [5.41, 5.74) is 8.85. The van der Waals surface area contributed by atoms with Gasteiger partial charge < -0.3 is 21.5 Å². The molecule has 8 nitrogen and oxygen atoms in total. The number of hydrogen-bond acceptors (Lipinski definition) is 6. The Bertz CT molecular complexity index is 3590. The number of alkyl halides is 5. The third-order valence-electron chi connectivity index (χ3n) is 14.1. The summed E-state index contributed by atoms with van der Waals surface area (Å²) in [7, 11) is 0. The van der Waals surface area contributed by atoms with Gasteiger partial charge in [-0.2, -0.15) is 0 Å². The Morgan fingerprint density at radius 1 is 0.505 bits per heavy atom. The lowest BCUT2D eigenvalue weighted by Gasteiger charge is -2.36. The van der Waals surface area contributed by atoms with E-state index in [1.165, 1.54) is 72.8 Å². The number of nitrogens with one attached hydrogen (secondary N) is 2. The molecule has 0 radical (unpaired) electrons. The van der Waals surface area contributed by atoms with Crippen molar-refractivity contribution in [1.29, 1.82) is 0 Å². The topological polar surface area (TPSA) is 139 Å². The zero-order chi connectivity index (χ0) is 71.6. The predicted molar refractivity (Wildman–Crippen MR) is 352 cm³/mol. The maximum absolute atomic E-state index is 13.4. The van der Waals surface area contributed by atoms with Crippen LogP contribution in [0.1, 0.15) is 126 Å². The monoisotopic (exact) mass is 1510 g/mol. The zero-order valence-corrected chi connectivity index (χ0v) is 56.2. The molecule has 0 saturated heterocycles. The molecule has 0 spiro atoms. The average molecular weight is 1520 g/mol. The molecule has 97 heavy (non-hydrogen) atoms. The molecule has 10 rings (SSSR count). The van der Waals surface area contributed by atoms with Crippen molar-refractivity contribution < 1.29 is 85.8 Å². The van der Waals surface area contributed by atoms with E-state index in [4.69, 9.17) is 75.3 Å². The lowest BCUT2D eigenvalue weighted by molar-refractivity contribution is -0.111. The van der Waals surface area contributed by atoms with Crippen molar-refractivity contribution in [2.24, 2.45) is 5.73 Å². The molecule has 2 amide bonds. The third kappa shape index (κ3) is 30.3. The van der Waals surface area contributed by atoms with E-state index in [0.717, 1.165) is 98.0 Å². The highest BCUT2D eigenvalue weighted by molar-refractivity contribution is 6.63. The lowest BCUT2D eigenvalue weighted by atomic mass is 9.75. The molecule has 2 unspecified atom stereocenters. The Labute approximate surface area is 587 Å². The van der Waals surface area contributed by atoms with Crippen LogP contribution in [0.2, 0.25) is 0 Å². The van der Waals surface area contributed by atoms with E-state index in [-0.39, 0.29) is 83.7 Å². The number of carbonyl (C=O) groups is 4. The number of amides is 2. The van der Waals surface area contributed by atoms with E-state index in [1.807, 2.05) is 0 Å². The van der Waals surface area contributed by atoms with Crippen LogP contribution in [0.5, 0.6) is 0 Å². The van der Waals surface area contributed by atoms with Gasteiger partial charge in [0.1, 0.15) is 81.4 Å². The van der Waals surface area contributed by atoms with Gasteiger partial charge in [0.15, 0.2) is 5.78 Å². The van der Waals surface area contributed by atoms with Gasteiger partial charge in [-0.1, -0.05) is 30.3 Å². The largest absolute Gasteiger partial charge is 0.388 e. The van der Waals surface area contributed by atoms with Gasteiger partial charge >= 0.3 is 0 Å². The summed E-state index contributed by atoms with van der Waals surface area (Å²) in [6.07, 6.45) is 6.22. The van der Waals surface area contributed by atoms with Crippen LogP contribution >= 0.6 is 82.0 Å². The summed E-state index contributed by atoms with van der Waals surface area (Å²) < 4.78 is 178. The fraction of sp³-hybridized carbons (Fsp3) is 0.294. The van der Waals surface area contributed by atoms with Gasteiger partial charge in [0, 0.05) is 125 Å². The van der Waals surface area contributed by atoms with E-state index in [2.05, 4.69) is 10.6 Å². The second-order valence-corrected chi connectivity index (χ2v) is 23.0. The first-order valence-electron chi connectivity index (χ1n) is 28.9. The number of ketones is 1. The highest BCUT2D eigenvalue weighted by atomic mass is 35.5. The number of hydrogen-bond donors (Lipinski definition) is 4. The second kappa shape index (κ2) is 46.0. The molecule has 2 saturated carbocycles. The van der Waals surface area contributed by atoms with E-state index >= 15 is 0 Å². The minimum absolute atomic E-state index is 0. The highest BCUT2D eigenvalue weighted by Crippen LogP contribution is 2.39. The smallest absolute Gasteiger partial charge is 0.222 e. The number of Topliss-reactive ketones (excluding diaryl/α,β-unsaturated/α-hetero) is 1. The van der Waals surface area contributed by atoms with Crippen LogP contribution in [0.4, 0.5) is 61.5 Å². The predicted octanol–water partition coefficient (Wildman–Crippen LogP) is 19.4. The Balaban J connectivity index is 0.000000381. The number of benzene rings is 7. The minimum Gasteiger partial charge on any atom is -0.388 e. The normalized spacial score (nSPS) is 15.8. The Morgan fingerprint density at radius 2 is 0.959 bits per heavy atom. The Hall–Kier alpha value is -6.47. The molecular formula is C68H64Cl7F14N3O5. The molecule has 2 fully saturated rings. The van der Waals surface area contributed by atoms with Gasteiger partial charge in [0.25, 0.3) is 0 Å².